The average Bonchev–Trinajstić information content (AvgIpc) is 2.98. The fraction of sp³-hybridized carbons (Fsp3) is 0.161. The molecule has 0 radical (unpaired) electrons. The van der Waals surface area contributed by atoms with Crippen LogP contribution in [0.4, 0.5) is 10.1 Å². The summed E-state index contributed by atoms with van der Waals surface area (Å²) < 4.78 is 43.6. The molecule has 11 heteroatoms. The molecule has 4 aromatic carbocycles. The van der Waals surface area contributed by atoms with Gasteiger partial charge in [0.25, 0.3) is 10.0 Å². The normalized spacial score (nSPS) is 11.9. The van der Waals surface area contributed by atoms with Crippen molar-refractivity contribution in [2.45, 2.75) is 23.9 Å². The number of halogens is 3. The number of benzene rings is 4. The molecule has 4 rings (SSSR count). The standard InChI is InChI=1S/C31H28Cl2FN3O4S/c1-35-31(39)29(18-22-8-3-2-4-9-22)36(20-23-10-5-6-13-28(23)34)30(38)21-37(26-12-7-11-25(33)19-26)42(40,41)27-16-14-24(32)15-17-27/h2-17,19,29H,18,20-21H2,1H3,(H,35,39)/t29-/m1/s1. The average molecular weight is 629 g/mol. The molecule has 0 unspecified atom stereocenters. The van der Waals surface area contributed by atoms with Crippen molar-refractivity contribution in [3.8, 4) is 0 Å². The quantitative estimate of drug-likeness (QED) is 0.231. The fourth-order valence-corrected chi connectivity index (χ4v) is 6.14. The van der Waals surface area contributed by atoms with E-state index in [9.17, 15) is 22.4 Å². The lowest BCUT2D eigenvalue weighted by Gasteiger charge is -2.33. The minimum Gasteiger partial charge on any atom is -0.357 e. The predicted octanol–water partition coefficient (Wildman–Crippen LogP) is 5.71. The molecule has 2 amide bonds. The van der Waals surface area contributed by atoms with Crippen molar-refractivity contribution in [3.63, 3.8) is 0 Å². The number of likely N-dealkylation sites (N-methyl/N-ethyl adjacent to an activating group) is 1. The van der Waals surface area contributed by atoms with E-state index in [1.807, 2.05) is 18.2 Å². The molecule has 0 aliphatic rings. The summed E-state index contributed by atoms with van der Waals surface area (Å²) in [4.78, 5) is 28.5. The Morgan fingerprint density at radius 1 is 0.857 bits per heavy atom. The van der Waals surface area contributed by atoms with Gasteiger partial charge < -0.3 is 10.2 Å². The highest BCUT2D eigenvalue weighted by Gasteiger charge is 2.34. The van der Waals surface area contributed by atoms with Gasteiger partial charge in [0, 0.05) is 35.6 Å². The zero-order chi connectivity index (χ0) is 30.3. The fourth-order valence-electron chi connectivity index (χ4n) is 4.42. The number of hydrogen-bond donors (Lipinski definition) is 1. The van der Waals surface area contributed by atoms with Gasteiger partial charge >= 0.3 is 0 Å². The van der Waals surface area contributed by atoms with Crippen LogP contribution in [0.5, 0.6) is 0 Å². The molecule has 0 saturated carbocycles. The molecule has 1 atom stereocenters. The number of carbonyl (C=O) groups excluding carboxylic acids is 2. The van der Waals surface area contributed by atoms with Crippen molar-refractivity contribution in [2.75, 3.05) is 17.9 Å². The van der Waals surface area contributed by atoms with Crippen molar-refractivity contribution in [3.05, 3.63) is 130 Å². The molecule has 0 heterocycles. The number of nitrogens with zero attached hydrogens (tertiary/aromatic N) is 2. The van der Waals surface area contributed by atoms with Crippen LogP contribution in [-0.2, 0) is 32.6 Å². The summed E-state index contributed by atoms with van der Waals surface area (Å²) >= 11 is 12.2. The molecule has 0 aliphatic carbocycles. The molecule has 4 aromatic rings. The van der Waals surface area contributed by atoms with Crippen LogP contribution in [0.15, 0.2) is 108 Å². The largest absolute Gasteiger partial charge is 0.357 e. The van der Waals surface area contributed by atoms with Gasteiger partial charge in [-0.1, -0.05) is 77.8 Å². The Morgan fingerprint density at radius 3 is 2.17 bits per heavy atom. The summed E-state index contributed by atoms with van der Waals surface area (Å²) in [6.07, 6.45) is 0.113. The Hall–Kier alpha value is -3.92. The monoisotopic (exact) mass is 627 g/mol. The maximum absolute atomic E-state index is 14.8. The van der Waals surface area contributed by atoms with E-state index < -0.39 is 40.2 Å². The summed E-state index contributed by atoms with van der Waals surface area (Å²) in [7, 11) is -2.87. The number of hydrogen-bond acceptors (Lipinski definition) is 4. The molecule has 0 aliphatic heterocycles. The van der Waals surface area contributed by atoms with Crippen molar-refractivity contribution in [2.24, 2.45) is 0 Å². The van der Waals surface area contributed by atoms with Crippen LogP contribution in [0.1, 0.15) is 11.1 Å². The van der Waals surface area contributed by atoms with E-state index in [0.29, 0.717) is 5.02 Å². The molecule has 0 saturated heterocycles. The molecular formula is C31H28Cl2FN3O4S. The van der Waals surface area contributed by atoms with E-state index in [2.05, 4.69) is 5.32 Å². The van der Waals surface area contributed by atoms with Crippen LogP contribution in [0.2, 0.25) is 10.0 Å². The van der Waals surface area contributed by atoms with Crippen molar-refractivity contribution >= 4 is 50.7 Å². The van der Waals surface area contributed by atoms with Crippen LogP contribution >= 0.6 is 23.2 Å². The number of amides is 2. The topological polar surface area (TPSA) is 86.8 Å². The van der Waals surface area contributed by atoms with Gasteiger partial charge in [0.1, 0.15) is 18.4 Å². The van der Waals surface area contributed by atoms with E-state index in [-0.39, 0.29) is 34.1 Å². The van der Waals surface area contributed by atoms with Crippen molar-refractivity contribution in [1.82, 2.24) is 10.2 Å². The lowest BCUT2D eigenvalue weighted by Crippen LogP contribution is -2.53. The highest BCUT2D eigenvalue weighted by atomic mass is 35.5. The third-order valence-corrected chi connectivity index (χ3v) is 8.87. The Labute approximate surface area is 254 Å². The van der Waals surface area contributed by atoms with Crippen LogP contribution in [0.25, 0.3) is 0 Å². The maximum atomic E-state index is 14.8. The first-order valence-electron chi connectivity index (χ1n) is 12.9. The van der Waals surface area contributed by atoms with Gasteiger partial charge in [-0.15, -0.1) is 0 Å². The number of anilines is 1. The van der Waals surface area contributed by atoms with E-state index in [4.69, 9.17) is 23.2 Å². The number of carbonyl (C=O) groups is 2. The predicted molar refractivity (Wildman–Crippen MR) is 162 cm³/mol. The van der Waals surface area contributed by atoms with Gasteiger partial charge in [0.15, 0.2) is 0 Å². The summed E-state index contributed by atoms with van der Waals surface area (Å²) in [6, 6.07) is 25.5. The smallest absolute Gasteiger partial charge is 0.264 e. The Balaban J connectivity index is 1.80. The minimum absolute atomic E-state index is 0.104. The van der Waals surface area contributed by atoms with E-state index in [1.165, 1.54) is 66.5 Å². The summed E-state index contributed by atoms with van der Waals surface area (Å²) in [5.41, 5.74) is 1.07. The SMILES string of the molecule is CNC(=O)[C@@H](Cc1ccccc1)N(Cc1ccccc1F)C(=O)CN(c1cccc(Cl)c1)S(=O)(=O)c1ccc(Cl)cc1. The van der Waals surface area contributed by atoms with Gasteiger partial charge in [-0.25, -0.2) is 12.8 Å². The third-order valence-electron chi connectivity index (χ3n) is 6.59. The van der Waals surface area contributed by atoms with Gasteiger partial charge in [0.05, 0.1) is 10.6 Å². The van der Waals surface area contributed by atoms with Crippen LogP contribution < -0.4 is 9.62 Å². The zero-order valence-corrected chi connectivity index (χ0v) is 24.9. The molecule has 0 bridgehead atoms. The molecular weight excluding hydrogens is 600 g/mol. The molecule has 42 heavy (non-hydrogen) atoms. The second kappa shape index (κ2) is 13.8. The third kappa shape index (κ3) is 7.47. The first-order valence-corrected chi connectivity index (χ1v) is 15.1. The number of nitrogens with one attached hydrogen (secondary N) is 1. The Morgan fingerprint density at radius 2 is 1.52 bits per heavy atom. The number of rotatable bonds is 11. The van der Waals surface area contributed by atoms with Crippen molar-refractivity contribution in [1.29, 1.82) is 0 Å². The molecule has 0 fully saturated rings. The van der Waals surface area contributed by atoms with Gasteiger partial charge in [-0.05, 0) is 54.1 Å². The van der Waals surface area contributed by atoms with Crippen LogP contribution in [-0.4, -0.2) is 44.8 Å². The molecule has 0 spiro atoms. The van der Waals surface area contributed by atoms with E-state index >= 15 is 0 Å². The lowest BCUT2D eigenvalue weighted by atomic mass is 10.0. The zero-order valence-electron chi connectivity index (χ0n) is 22.6. The first kappa shape index (κ1) is 31.0. The highest BCUT2D eigenvalue weighted by Crippen LogP contribution is 2.28. The molecule has 7 nitrogen and oxygen atoms in total. The van der Waals surface area contributed by atoms with Crippen LogP contribution in [0.3, 0.4) is 0 Å². The van der Waals surface area contributed by atoms with Gasteiger partial charge in [-0.2, -0.15) is 0 Å². The summed E-state index contributed by atoms with van der Waals surface area (Å²) in [6.45, 7) is -0.969. The summed E-state index contributed by atoms with van der Waals surface area (Å²) in [5, 5.41) is 3.18. The maximum Gasteiger partial charge on any atom is 0.264 e. The number of sulfonamides is 1. The highest BCUT2D eigenvalue weighted by molar-refractivity contribution is 7.92. The molecule has 218 valence electrons. The first-order chi connectivity index (χ1) is 20.1. The second-order valence-corrected chi connectivity index (χ2v) is 12.1. The Bertz CT molecular complexity index is 1650. The second-order valence-electron chi connectivity index (χ2n) is 9.38. The Kier molecular flexibility index (Phi) is 10.2. The van der Waals surface area contributed by atoms with Crippen LogP contribution in [0, 0.1) is 5.82 Å². The van der Waals surface area contributed by atoms with E-state index in [1.54, 1.807) is 30.3 Å². The van der Waals surface area contributed by atoms with Crippen molar-refractivity contribution < 1.29 is 22.4 Å². The lowest BCUT2D eigenvalue weighted by molar-refractivity contribution is -0.139. The molecule has 0 aromatic heterocycles. The van der Waals surface area contributed by atoms with E-state index in [0.717, 1.165) is 9.87 Å². The van der Waals surface area contributed by atoms with Gasteiger partial charge in [0.2, 0.25) is 11.8 Å². The summed E-state index contributed by atoms with van der Waals surface area (Å²) in [5.74, 6) is -1.77. The minimum atomic E-state index is -4.31. The molecule has 1 N–H and O–H groups in total. The van der Waals surface area contributed by atoms with Gasteiger partial charge in [-0.3, -0.25) is 13.9 Å².